The molecule has 3 atom stereocenters. The van der Waals surface area contributed by atoms with Gasteiger partial charge in [-0.25, -0.2) is 8.78 Å². The molecule has 1 unspecified atom stereocenters. The van der Waals surface area contributed by atoms with Crippen molar-refractivity contribution in [2.45, 2.75) is 57.4 Å². The van der Waals surface area contributed by atoms with E-state index in [0.29, 0.717) is 45.6 Å². The molecule has 0 radical (unpaired) electrons. The molecule has 9 nitrogen and oxygen atoms in total. The van der Waals surface area contributed by atoms with Crippen LogP contribution in [0.5, 0.6) is 6.01 Å². The fourth-order valence-corrected chi connectivity index (χ4v) is 7.27. The molecule has 2 fully saturated rings. The van der Waals surface area contributed by atoms with Gasteiger partial charge in [0.05, 0.1) is 30.8 Å². The van der Waals surface area contributed by atoms with Gasteiger partial charge < -0.3 is 19.4 Å². The minimum atomic E-state index is -1.27. The van der Waals surface area contributed by atoms with Crippen LogP contribution < -0.4 is 14.5 Å². The predicted molar refractivity (Wildman–Crippen MR) is 175 cm³/mol. The number of aryl methyl sites for hydroxylation is 1. The first kappa shape index (κ1) is 31.7. The lowest BCUT2D eigenvalue weighted by molar-refractivity contribution is -0.128. The maximum atomic E-state index is 14.8. The number of nitrogens with zero attached hydrogens (tertiary/aromatic N) is 7. The summed E-state index contributed by atoms with van der Waals surface area (Å²) in [6.45, 7) is 6.26. The summed E-state index contributed by atoms with van der Waals surface area (Å²) < 4.78 is 33.7. The summed E-state index contributed by atoms with van der Waals surface area (Å²) in [5, 5.41) is 12.0. The number of rotatable bonds is 8. The van der Waals surface area contributed by atoms with Gasteiger partial charge in [-0.3, -0.25) is 9.69 Å². The standard InChI is InChI=1S/C35H41F2N7O2/c1-24-7-4-8-25-9-5-10-30(32(24)25)42-16-13-28-29(21-42)39-34(46-22-27-19-35(2,37)23-41(27)3)40-33(28)43-17-18-44(26(20-43)12-15-38)31(45)11-6-14-36/h4-11,26-27H,12-14,16-23H2,1-3H3/b11-6+/t26-,27-,35?/m0/s1. The van der Waals surface area contributed by atoms with Crippen molar-refractivity contribution in [1.82, 2.24) is 19.8 Å². The average Bonchev–Trinajstić information content (AvgIpc) is 3.32. The van der Waals surface area contributed by atoms with Crippen LogP contribution in [0.15, 0.2) is 48.6 Å². The Morgan fingerprint density at radius 2 is 1.96 bits per heavy atom. The molecule has 6 rings (SSSR count). The van der Waals surface area contributed by atoms with Crippen LogP contribution in [0.4, 0.5) is 20.3 Å². The Balaban J connectivity index is 1.32. The molecule has 46 heavy (non-hydrogen) atoms. The molecule has 0 spiro atoms. The number of halogens is 2. The number of piperazine rings is 1. The lowest BCUT2D eigenvalue weighted by atomic mass is 9.99. The van der Waals surface area contributed by atoms with Gasteiger partial charge in [-0.2, -0.15) is 15.2 Å². The van der Waals surface area contributed by atoms with E-state index in [1.54, 1.807) is 11.8 Å². The fraction of sp³-hybridized carbons (Fsp3) is 0.486. The highest BCUT2D eigenvalue weighted by Gasteiger charge is 2.40. The number of carbonyl (C=O) groups excluding carboxylic acids is 1. The van der Waals surface area contributed by atoms with E-state index in [1.807, 2.05) is 11.9 Å². The number of hydrogen-bond acceptors (Lipinski definition) is 8. The van der Waals surface area contributed by atoms with E-state index in [1.165, 1.54) is 28.5 Å². The van der Waals surface area contributed by atoms with Crippen LogP contribution in [0.2, 0.25) is 0 Å². The van der Waals surface area contributed by atoms with E-state index < -0.39 is 12.3 Å². The number of aromatic nitrogens is 2. The monoisotopic (exact) mass is 629 g/mol. The van der Waals surface area contributed by atoms with E-state index in [9.17, 15) is 18.8 Å². The van der Waals surface area contributed by atoms with Gasteiger partial charge >= 0.3 is 6.01 Å². The number of fused-ring (bicyclic) bond motifs is 2. The summed E-state index contributed by atoms with van der Waals surface area (Å²) in [5.74, 6) is 0.450. The highest BCUT2D eigenvalue weighted by Crippen LogP contribution is 2.36. The largest absolute Gasteiger partial charge is 0.462 e. The molecule has 0 saturated carbocycles. The van der Waals surface area contributed by atoms with Gasteiger partial charge in [0.15, 0.2) is 0 Å². The Morgan fingerprint density at radius 3 is 2.70 bits per heavy atom. The zero-order valence-corrected chi connectivity index (χ0v) is 26.8. The van der Waals surface area contributed by atoms with Gasteiger partial charge in [0.2, 0.25) is 5.91 Å². The third-order valence-electron chi connectivity index (χ3n) is 9.46. The van der Waals surface area contributed by atoms with Gasteiger partial charge in [0.1, 0.15) is 24.8 Å². The molecular formula is C35H41F2N7O2. The zero-order valence-electron chi connectivity index (χ0n) is 26.8. The quantitative estimate of drug-likeness (QED) is 0.330. The maximum absolute atomic E-state index is 14.8. The summed E-state index contributed by atoms with van der Waals surface area (Å²) in [5.41, 5.74) is 3.00. The molecule has 0 N–H and O–H groups in total. The smallest absolute Gasteiger partial charge is 0.318 e. The van der Waals surface area contributed by atoms with E-state index in [2.05, 4.69) is 59.2 Å². The molecule has 4 heterocycles. The Morgan fingerprint density at radius 1 is 1.15 bits per heavy atom. The second-order valence-corrected chi connectivity index (χ2v) is 12.9. The lowest BCUT2D eigenvalue weighted by Gasteiger charge is -2.42. The molecule has 0 bridgehead atoms. The Kier molecular flexibility index (Phi) is 9.09. The second kappa shape index (κ2) is 13.2. The van der Waals surface area contributed by atoms with Crippen molar-refractivity contribution in [1.29, 1.82) is 5.26 Å². The molecule has 3 aliphatic rings. The number of ether oxygens (including phenoxy) is 1. The number of allylic oxidation sites excluding steroid dienone is 1. The Hall–Kier alpha value is -4.30. The first-order valence-electron chi connectivity index (χ1n) is 16.0. The van der Waals surface area contributed by atoms with Crippen LogP contribution in [-0.4, -0.2) is 96.5 Å². The number of carbonyl (C=O) groups is 1. The number of hydrogen-bond donors (Lipinski definition) is 0. The number of alkyl halides is 2. The molecule has 1 amide bonds. The van der Waals surface area contributed by atoms with Crippen LogP contribution in [0.1, 0.15) is 36.6 Å². The minimum absolute atomic E-state index is 0.0971. The van der Waals surface area contributed by atoms with Crippen LogP contribution in [0.3, 0.4) is 0 Å². The van der Waals surface area contributed by atoms with Crippen LogP contribution in [0, 0.1) is 18.3 Å². The predicted octanol–water partition coefficient (Wildman–Crippen LogP) is 4.77. The van der Waals surface area contributed by atoms with E-state index in [4.69, 9.17) is 14.7 Å². The summed E-state index contributed by atoms with van der Waals surface area (Å²) in [6.07, 6.45) is 3.66. The van der Waals surface area contributed by atoms with Gasteiger partial charge in [-0.15, -0.1) is 0 Å². The number of anilines is 2. The van der Waals surface area contributed by atoms with E-state index >= 15 is 0 Å². The van der Waals surface area contributed by atoms with E-state index in [0.717, 1.165) is 29.3 Å². The maximum Gasteiger partial charge on any atom is 0.318 e. The number of likely N-dealkylation sites (N-methyl/N-ethyl adjacent to an activating group) is 1. The molecule has 11 heteroatoms. The number of benzene rings is 2. The molecule has 3 aliphatic heterocycles. The molecular weight excluding hydrogens is 588 g/mol. The lowest BCUT2D eigenvalue weighted by Crippen LogP contribution is -2.55. The number of amides is 1. The van der Waals surface area contributed by atoms with Crippen molar-refractivity contribution < 1.29 is 18.3 Å². The summed E-state index contributed by atoms with van der Waals surface area (Å²) >= 11 is 0. The molecule has 2 saturated heterocycles. The van der Waals surface area contributed by atoms with Crippen molar-refractivity contribution in [3.05, 3.63) is 65.4 Å². The van der Waals surface area contributed by atoms with Gasteiger partial charge in [-0.1, -0.05) is 30.3 Å². The third-order valence-corrected chi connectivity index (χ3v) is 9.46. The van der Waals surface area contributed by atoms with E-state index in [-0.39, 0.29) is 37.0 Å². The van der Waals surface area contributed by atoms with Crippen molar-refractivity contribution in [3.63, 3.8) is 0 Å². The average molecular weight is 630 g/mol. The number of likely N-dealkylation sites (tertiary alicyclic amines) is 1. The van der Waals surface area contributed by atoms with Crippen molar-refractivity contribution >= 4 is 28.2 Å². The van der Waals surface area contributed by atoms with Crippen molar-refractivity contribution in [2.75, 3.05) is 62.9 Å². The molecule has 0 aliphatic carbocycles. The Labute approximate surface area is 269 Å². The first-order chi connectivity index (χ1) is 22.2. The third kappa shape index (κ3) is 6.49. The molecule has 3 aromatic rings. The second-order valence-electron chi connectivity index (χ2n) is 12.9. The van der Waals surface area contributed by atoms with Gasteiger partial charge in [-0.05, 0) is 50.4 Å². The minimum Gasteiger partial charge on any atom is -0.462 e. The summed E-state index contributed by atoms with van der Waals surface area (Å²) in [7, 11) is 1.90. The first-order valence-corrected chi connectivity index (χ1v) is 16.0. The SMILES string of the molecule is Cc1cccc2cccc(N3CCc4c(nc(OC[C@@H]5CC(C)(F)CN5C)nc4N4CCN(C(=O)/C=C/CF)[C@@H](CC#N)C4)C3)c12. The highest BCUT2D eigenvalue weighted by atomic mass is 19.1. The summed E-state index contributed by atoms with van der Waals surface area (Å²) in [4.78, 5) is 30.7. The van der Waals surface area contributed by atoms with Crippen LogP contribution in [-0.2, 0) is 17.8 Å². The van der Waals surface area contributed by atoms with Gasteiger partial charge in [0.25, 0.3) is 0 Å². The highest BCUT2D eigenvalue weighted by molar-refractivity contribution is 5.97. The molecule has 2 aromatic carbocycles. The van der Waals surface area contributed by atoms with Crippen LogP contribution in [0.25, 0.3) is 10.8 Å². The Bertz CT molecular complexity index is 1670. The molecule has 1 aromatic heterocycles. The summed E-state index contributed by atoms with van der Waals surface area (Å²) in [6, 6.07) is 14.7. The molecule has 242 valence electrons. The fourth-order valence-electron chi connectivity index (χ4n) is 7.27. The van der Waals surface area contributed by atoms with Crippen molar-refractivity contribution in [3.8, 4) is 12.1 Å². The van der Waals surface area contributed by atoms with Crippen molar-refractivity contribution in [2.24, 2.45) is 0 Å². The number of nitriles is 1. The van der Waals surface area contributed by atoms with Crippen LogP contribution >= 0.6 is 0 Å². The normalized spacial score (nSPS) is 23.6. The van der Waals surface area contributed by atoms with Gasteiger partial charge in [0, 0.05) is 67.9 Å². The zero-order chi connectivity index (χ0) is 32.4. The topological polar surface area (TPSA) is 88.8 Å².